The van der Waals surface area contributed by atoms with Gasteiger partial charge in [0.05, 0.1) is 26.4 Å². The molecule has 0 aliphatic rings. The van der Waals surface area contributed by atoms with Crippen LogP contribution in [-0.2, 0) is 4.74 Å². The minimum atomic E-state index is -0.350. The minimum Gasteiger partial charge on any atom is -0.394 e. The lowest BCUT2D eigenvalue weighted by Gasteiger charge is -2.15. The smallest absolute Gasteiger partial charge is 0.176 e. The molecular formula is C13H18FNO3. The van der Waals surface area contributed by atoms with E-state index in [9.17, 15) is 9.18 Å². The number of hydrogen-bond donors (Lipinski definition) is 1. The fourth-order valence-electron chi connectivity index (χ4n) is 1.44. The standard InChI is InChI=1S/C13H18FNO3/c1-15(6-8-18-9-7-16)10-13(17)11-2-4-12(14)5-3-11/h2-5,16H,6-10H2,1H3. The van der Waals surface area contributed by atoms with Crippen molar-refractivity contribution in [2.45, 2.75) is 0 Å². The molecule has 0 saturated heterocycles. The Bertz CT molecular complexity index is 367. The highest BCUT2D eigenvalue weighted by atomic mass is 19.1. The number of hydrogen-bond acceptors (Lipinski definition) is 4. The number of likely N-dealkylation sites (N-methyl/N-ethyl adjacent to an activating group) is 1. The van der Waals surface area contributed by atoms with Crippen LogP contribution >= 0.6 is 0 Å². The predicted molar refractivity (Wildman–Crippen MR) is 66.1 cm³/mol. The van der Waals surface area contributed by atoms with Crippen LogP contribution in [-0.4, -0.2) is 55.7 Å². The zero-order valence-electron chi connectivity index (χ0n) is 10.4. The molecule has 0 heterocycles. The lowest BCUT2D eigenvalue weighted by molar-refractivity contribution is 0.0739. The Morgan fingerprint density at radius 2 is 2.00 bits per heavy atom. The summed E-state index contributed by atoms with van der Waals surface area (Å²) in [4.78, 5) is 13.6. The van der Waals surface area contributed by atoms with Crippen LogP contribution in [0.4, 0.5) is 4.39 Å². The number of halogens is 1. The fraction of sp³-hybridized carbons (Fsp3) is 0.462. The van der Waals surface area contributed by atoms with Crippen LogP contribution in [0.2, 0.25) is 0 Å². The second-order valence-electron chi connectivity index (χ2n) is 4.00. The van der Waals surface area contributed by atoms with Crippen LogP contribution in [0.15, 0.2) is 24.3 Å². The number of aliphatic hydroxyl groups is 1. The van der Waals surface area contributed by atoms with Crippen molar-refractivity contribution < 1.29 is 19.0 Å². The Kier molecular flexibility index (Phi) is 6.49. The van der Waals surface area contributed by atoms with E-state index in [1.54, 1.807) is 0 Å². The van der Waals surface area contributed by atoms with Crippen molar-refractivity contribution in [3.8, 4) is 0 Å². The maximum atomic E-state index is 12.7. The van der Waals surface area contributed by atoms with Crippen LogP contribution in [0.1, 0.15) is 10.4 Å². The van der Waals surface area contributed by atoms with Crippen LogP contribution in [0, 0.1) is 5.82 Å². The number of Topliss-reactive ketones (excluding diaryl/α,β-unsaturated/α-hetero) is 1. The topological polar surface area (TPSA) is 49.8 Å². The van der Waals surface area contributed by atoms with E-state index in [1.807, 2.05) is 11.9 Å². The summed E-state index contributed by atoms with van der Waals surface area (Å²) >= 11 is 0. The van der Waals surface area contributed by atoms with Crippen LogP contribution in [0.3, 0.4) is 0 Å². The third-order valence-electron chi connectivity index (χ3n) is 2.43. The molecular weight excluding hydrogens is 237 g/mol. The highest BCUT2D eigenvalue weighted by Gasteiger charge is 2.09. The Morgan fingerprint density at radius 1 is 1.33 bits per heavy atom. The van der Waals surface area contributed by atoms with E-state index in [0.717, 1.165) is 0 Å². The van der Waals surface area contributed by atoms with Gasteiger partial charge in [0.25, 0.3) is 0 Å². The molecule has 1 aromatic rings. The highest BCUT2D eigenvalue weighted by Crippen LogP contribution is 2.04. The average Bonchev–Trinajstić information content (AvgIpc) is 2.35. The number of carbonyl (C=O) groups is 1. The molecule has 0 bridgehead atoms. The zero-order chi connectivity index (χ0) is 13.4. The summed E-state index contributed by atoms with van der Waals surface area (Å²) in [5, 5.41) is 8.52. The molecule has 0 aliphatic carbocycles. The molecule has 18 heavy (non-hydrogen) atoms. The molecule has 0 aromatic heterocycles. The number of nitrogens with zero attached hydrogens (tertiary/aromatic N) is 1. The first kappa shape index (κ1) is 14.8. The Balaban J connectivity index is 2.33. The van der Waals surface area contributed by atoms with Gasteiger partial charge in [-0.25, -0.2) is 4.39 Å². The molecule has 0 aliphatic heterocycles. The second-order valence-corrected chi connectivity index (χ2v) is 4.00. The first-order chi connectivity index (χ1) is 8.63. The molecule has 5 heteroatoms. The van der Waals surface area contributed by atoms with Gasteiger partial charge in [-0.05, 0) is 31.3 Å². The predicted octanol–water partition coefficient (Wildman–Crippen LogP) is 0.949. The Morgan fingerprint density at radius 3 is 2.61 bits per heavy atom. The van der Waals surface area contributed by atoms with Gasteiger partial charge in [0, 0.05) is 12.1 Å². The molecule has 0 spiro atoms. The average molecular weight is 255 g/mol. The number of ether oxygens (including phenoxy) is 1. The van der Waals surface area contributed by atoms with E-state index in [4.69, 9.17) is 9.84 Å². The van der Waals surface area contributed by atoms with Gasteiger partial charge in [0.15, 0.2) is 5.78 Å². The second kappa shape index (κ2) is 7.92. The molecule has 0 atom stereocenters. The van der Waals surface area contributed by atoms with Gasteiger partial charge in [-0.1, -0.05) is 0 Å². The van der Waals surface area contributed by atoms with Gasteiger partial charge in [0.2, 0.25) is 0 Å². The number of carbonyl (C=O) groups excluding carboxylic acids is 1. The van der Waals surface area contributed by atoms with E-state index in [-0.39, 0.29) is 24.8 Å². The van der Waals surface area contributed by atoms with Gasteiger partial charge in [0.1, 0.15) is 5.82 Å². The van der Waals surface area contributed by atoms with Crippen molar-refractivity contribution in [1.29, 1.82) is 0 Å². The van der Waals surface area contributed by atoms with Crippen LogP contribution in [0.5, 0.6) is 0 Å². The van der Waals surface area contributed by atoms with Crippen molar-refractivity contribution in [2.75, 3.05) is 40.0 Å². The van der Waals surface area contributed by atoms with Crippen molar-refractivity contribution in [2.24, 2.45) is 0 Å². The molecule has 4 nitrogen and oxygen atoms in total. The lowest BCUT2D eigenvalue weighted by atomic mass is 10.1. The number of benzene rings is 1. The van der Waals surface area contributed by atoms with Crippen molar-refractivity contribution in [1.82, 2.24) is 4.90 Å². The zero-order valence-corrected chi connectivity index (χ0v) is 10.4. The number of rotatable bonds is 8. The molecule has 100 valence electrons. The Hall–Kier alpha value is -1.30. The quantitative estimate of drug-likeness (QED) is 0.555. The summed E-state index contributed by atoms with van der Waals surface area (Å²) in [6, 6.07) is 5.51. The maximum Gasteiger partial charge on any atom is 0.176 e. The van der Waals surface area contributed by atoms with E-state index >= 15 is 0 Å². The minimum absolute atomic E-state index is 0.00176. The summed E-state index contributed by atoms with van der Waals surface area (Å²) in [6.45, 7) is 1.63. The molecule has 0 radical (unpaired) electrons. The molecule has 1 rings (SSSR count). The van der Waals surface area contributed by atoms with Crippen LogP contribution < -0.4 is 0 Å². The maximum absolute atomic E-state index is 12.7. The third kappa shape index (κ3) is 5.35. The summed E-state index contributed by atoms with van der Waals surface area (Å²) in [5.41, 5.74) is 0.500. The number of aliphatic hydroxyl groups excluding tert-OH is 1. The van der Waals surface area contributed by atoms with Crippen molar-refractivity contribution >= 4 is 5.78 Å². The van der Waals surface area contributed by atoms with Crippen LogP contribution in [0.25, 0.3) is 0 Å². The third-order valence-corrected chi connectivity index (χ3v) is 2.43. The van der Waals surface area contributed by atoms with Gasteiger partial charge in [-0.3, -0.25) is 9.69 Å². The molecule has 1 aromatic carbocycles. The molecule has 0 amide bonds. The van der Waals surface area contributed by atoms with Crippen molar-refractivity contribution in [3.05, 3.63) is 35.6 Å². The van der Waals surface area contributed by atoms with Gasteiger partial charge < -0.3 is 9.84 Å². The fourth-order valence-corrected chi connectivity index (χ4v) is 1.44. The summed E-state index contributed by atoms with van der Waals surface area (Å²) in [7, 11) is 1.81. The lowest BCUT2D eigenvalue weighted by Crippen LogP contribution is -2.29. The summed E-state index contributed by atoms with van der Waals surface area (Å²) < 4.78 is 17.8. The van der Waals surface area contributed by atoms with E-state index in [1.165, 1.54) is 24.3 Å². The van der Waals surface area contributed by atoms with E-state index in [2.05, 4.69) is 0 Å². The first-order valence-corrected chi connectivity index (χ1v) is 5.79. The summed E-state index contributed by atoms with van der Waals surface area (Å²) in [5.74, 6) is -0.406. The normalized spacial score (nSPS) is 10.9. The van der Waals surface area contributed by atoms with E-state index in [0.29, 0.717) is 25.3 Å². The number of ketones is 1. The Labute approximate surface area is 106 Å². The van der Waals surface area contributed by atoms with Gasteiger partial charge in [-0.15, -0.1) is 0 Å². The first-order valence-electron chi connectivity index (χ1n) is 5.79. The van der Waals surface area contributed by atoms with Gasteiger partial charge in [-0.2, -0.15) is 0 Å². The van der Waals surface area contributed by atoms with Gasteiger partial charge >= 0.3 is 0 Å². The van der Waals surface area contributed by atoms with Crippen molar-refractivity contribution in [3.63, 3.8) is 0 Å². The largest absolute Gasteiger partial charge is 0.394 e. The highest BCUT2D eigenvalue weighted by molar-refractivity contribution is 5.97. The summed E-state index contributed by atoms with van der Waals surface area (Å²) in [6.07, 6.45) is 0. The monoisotopic (exact) mass is 255 g/mol. The molecule has 0 saturated carbocycles. The van der Waals surface area contributed by atoms with E-state index < -0.39 is 0 Å². The molecule has 0 fully saturated rings. The molecule has 0 unspecified atom stereocenters. The molecule has 1 N–H and O–H groups in total. The SMILES string of the molecule is CN(CCOCCO)CC(=O)c1ccc(F)cc1.